The van der Waals surface area contributed by atoms with E-state index in [1.54, 1.807) is 26.0 Å². The highest BCUT2D eigenvalue weighted by Gasteiger charge is 2.51. The summed E-state index contributed by atoms with van der Waals surface area (Å²) in [4.78, 5) is 0. The van der Waals surface area contributed by atoms with Crippen molar-refractivity contribution in [1.29, 1.82) is 0 Å². The summed E-state index contributed by atoms with van der Waals surface area (Å²) in [5, 5.41) is 0. The molecule has 2 bridgehead atoms. The van der Waals surface area contributed by atoms with Crippen LogP contribution in [0.15, 0.2) is 24.0 Å². The first-order chi connectivity index (χ1) is 7.95. The van der Waals surface area contributed by atoms with Crippen molar-refractivity contribution >= 4 is 10.1 Å². The van der Waals surface area contributed by atoms with Gasteiger partial charge in [0.2, 0.25) is 0 Å². The van der Waals surface area contributed by atoms with E-state index >= 15 is 0 Å². The second-order valence-electron chi connectivity index (χ2n) is 4.70. The Morgan fingerprint density at radius 3 is 2.44 bits per heavy atom. The standard InChI is InChI=1S/C10H11F3O4S/c1-8-3-4-9(2,17-8)6-7(5-8)16-18(14,15)10(11,12)13/h3-5H,6H2,1-2H3. The molecule has 2 atom stereocenters. The van der Waals surface area contributed by atoms with E-state index in [1.807, 2.05) is 0 Å². The van der Waals surface area contributed by atoms with Gasteiger partial charge in [-0.1, -0.05) is 12.2 Å². The molecule has 8 heteroatoms. The predicted molar refractivity (Wildman–Crippen MR) is 55.8 cm³/mol. The molecule has 0 spiro atoms. The maximum atomic E-state index is 12.2. The van der Waals surface area contributed by atoms with Crippen LogP contribution in [0.3, 0.4) is 0 Å². The number of hydrogen-bond acceptors (Lipinski definition) is 4. The van der Waals surface area contributed by atoms with E-state index in [4.69, 9.17) is 4.74 Å². The predicted octanol–water partition coefficient (Wildman–Crippen LogP) is 2.24. The van der Waals surface area contributed by atoms with Crippen molar-refractivity contribution in [3.05, 3.63) is 24.0 Å². The Morgan fingerprint density at radius 2 is 1.94 bits per heavy atom. The van der Waals surface area contributed by atoms with Crippen LogP contribution in [-0.4, -0.2) is 25.1 Å². The molecule has 2 aliphatic rings. The van der Waals surface area contributed by atoms with Crippen molar-refractivity contribution in [1.82, 2.24) is 0 Å². The van der Waals surface area contributed by atoms with E-state index in [-0.39, 0.29) is 12.2 Å². The zero-order valence-corrected chi connectivity index (χ0v) is 10.4. The van der Waals surface area contributed by atoms with Gasteiger partial charge in [0.15, 0.2) is 0 Å². The SMILES string of the molecule is CC12C=CC(C)(CC(OS(=O)(=O)C(F)(F)F)=C1)O2. The molecule has 0 aliphatic carbocycles. The van der Waals surface area contributed by atoms with E-state index < -0.39 is 26.8 Å². The van der Waals surface area contributed by atoms with Crippen molar-refractivity contribution in [2.45, 2.75) is 37.0 Å². The van der Waals surface area contributed by atoms with E-state index in [1.165, 1.54) is 6.08 Å². The smallest absolute Gasteiger partial charge is 0.381 e. The molecule has 2 aliphatic heterocycles. The normalized spacial score (nSPS) is 35.5. The van der Waals surface area contributed by atoms with Gasteiger partial charge in [0, 0.05) is 6.42 Å². The first-order valence-electron chi connectivity index (χ1n) is 5.08. The van der Waals surface area contributed by atoms with Gasteiger partial charge in [-0.2, -0.15) is 21.6 Å². The Kier molecular flexibility index (Phi) is 2.61. The van der Waals surface area contributed by atoms with E-state index in [0.717, 1.165) is 0 Å². The fraction of sp³-hybridized carbons (Fsp3) is 0.600. The molecule has 2 unspecified atom stereocenters. The van der Waals surface area contributed by atoms with Gasteiger partial charge in [0.25, 0.3) is 0 Å². The van der Waals surface area contributed by atoms with Crippen LogP contribution in [0.1, 0.15) is 20.3 Å². The summed E-state index contributed by atoms with van der Waals surface area (Å²) >= 11 is 0. The maximum absolute atomic E-state index is 12.2. The molecular weight excluding hydrogens is 273 g/mol. The largest absolute Gasteiger partial charge is 0.534 e. The summed E-state index contributed by atoms with van der Waals surface area (Å²) in [6, 6.07) is 0. The van der Waals surface area contributed by atoms with Gasteiger partial charge >= 0.3 is 15.6 Å². The number of alkyl halides is 3. The highest BCUT2D eigenvalue weighted by molar-refractivity contribution is 7.87. The third-order valence-corrected chi connectivity index (χ3v) is 3.69. The Balaban J connectivity index is 2.26. The lowest BCUT2D eigenvalue weighted by molar-refractivity contribution is -0.0675. The van der Waals surface area contributed by atoms with E-state index in [0.29, 0.717) is 0 Å². The topological polar surface area (TPSA) is 52.6 Å². The van der Waals surface area contributed by atoms with Crippen molar-refractivity contribution in [2.24, 2.45) is 0 Å². The minimum Gasteiger partial charge on any atom is -0.381 e. The first-order valence-corrected chi connectivity index (χ1v) is 6.49. The molecular formula is C10H11F3O4S. The minimum absolute atomic E-state index is 0.0611. The highest BCUT2D eigenvalue weighted by Crippen LogP contribution is 2.43. The molecule has 4 nitrogen and oxygen atoms in total. The summed E-state index contributed by atoms with van der Waals surface area (Å²) < 4.78 is 68.1. The molecule has 0 saturated heterocycles. The van der Waals surface area contributed by atoms with Gasteiger partial charge in [-0.3, -0.25) is 0 Å². The second kappa shape index (κ2) is 3.51. The summed E-state index contributed by atoms with van der Waals surface area (Å²) in [5.41, 5.74) is -7.19. The molecule has 0 N–H and O–H groups in total. The minimum atomic E-state index is -5.62. The zero-order valence-electron chi connectivity index (χ0n) is 9.61. The Hall–Kier alpha value is -1.02. The Morgan fingerprint density at radius 1 is 1.33 bits per heavy atom. The zero-order chi connectivity index (χ0) is 13.8. The number of ether oxygens (including phenoxy) is 1. The van der Waals surface area contributed by atoms with E-state index in [9.17, 15) is 21.6 Å². The van der Waals surface area contributed by atoms with Crippen molar-refractivity contribution in [2.75, 3.05) is 0 Å². The number of fused-ring (bicyclic) bond motifs is 2. The highest BCUT2D eigenvalue weighted by atomic mass is 32.2. The van der Waals surface area contributed by atoms with Crippen LogP contribution < -0.4 is 0 Å². The van der Waals surface area contributed by atoms with Crippen LogP contribution in [0.5, 0.6) is 0 Å². The monoisotopic (exact) mass is 284 g/mol. The Labute approximate surface area is 102 Å². The molecule has 0 amide bonds. The average molecular weight is 284 g/mol. The summed E-state index contributed by atoms with van der Waals surface area (Å²) in [6.07, 6.45) is 4.51. The molecule has 2 heterocycles. The van der Waals surface area contributed by atoms with Crippen molar-refractivity contribution in [3.8, 4) is 0 Å². The van der Waals surface area contributed by atoms with Gasteiger partial charge in [0.1, 0.15) is 11.4 Å². The molecule has 0 aromatic heterocycles. The first kappa shape index (κ1) is 13.4. The fourth-order valence-corrected chi connectivity index (χ4v) is 2.53. The molecule has 0 aromatic rings. The van der Waals surface area contributed by atoms with E-state index in [2.05, 4.69) is 4.18 Å². The molecule has 2 rings (SSSR count). The molecule has 18 heavy (non-hydrogen) atoms. The number of hydrogen-bond donors (Lipinski definition) is 0. The van der Waals surface area contributed by atoms with Crippen LogP contribution in [0.25, 0.3) is 0 Å². The van der Waals surface area contributed by atoms with Crippen LogP contribution in [0, 0.1) is 0 Å². The van der Waals surface area contributed by atoms with Crippen LogP contribution in [0.4, 0.5) is 13.2 Å². The van der Waals surface area contributed by atoms with Crippen molar-refractivity contribution in [3.63, 3.8) is 0 Å². The summed E-state index contributed by atoms with van der Waals surface area (Å²) in [5.74, 6) is -0.256. The van der Waals surface area contributed by atoms with Crippen LogP contribution >= 0.6 is 0 Å². The third-order valence-electron chi connectivity index (χ3n) is 2.69. The van der Waals surface area contributed by atoms with Crippen molar-refractivity contribution < 1.29 is 30.5 Å². The van der Waals surface area contributed by atoms with Gasteiger partial charge in [-0.15, -0.1) is 0 Å². The van der Waals surface area contributed by atoms with Gasteiger partial charge in [-0.25, -0.2) is 0 Å². The second-order valence-corrected chi connectivity index (χ2v) is 6.24. The average Bonchev–Trinajstić information content (AvgIpc) is 2.32. The Bertz CT molecular complexity index is 534. The lowest BCUT2D eigenvalue weighted by Gasteiger charge is -2.34. The molecule has 0 aromatic carbocycles. The number of halogens is 3. The number of rotatable bonds is 2. The molecule has 0 fully saturated rings. The molecule has 0 saturated carbocycles. The maximum Gasteiger partial charge on any atom is 0.534 e. The molecule has 102 valence electrons. The van der Waals surface area contributed by atoms with Gasteiger partial charge in [0.05, 0.1) is 5.60 Å². The fourth-order valence-electron chi connectivity index (χ4n) is 2.04. The lowest BCUT2D eigenvalue weighted by Crippen LogP contribution is -2.37. The summed E-state index contributed by atoms with van der Waals surface area (Å²) in [6.45, 7) is 3.25. The van der Waals surface area contributed by atoms with Crippen LogP contribution in [-0.2, 0) is 19.0 Å². The third kappa shape index (κ3) is 2.26. The molecule has 0 radical (unpaired) electrons. The summed E-state index contributed by atoms with van der Waals surface area (Å²) in [7, 11) is -5.62. The van der Waals surface area contributed by atoms with Gasteiger partial charge in [-0.05, 0) is 19.9 Å². The van der Waals surface area contributed by atoms with Crippen LogP contribution in [0.2, 0.25) is 0 Å². The lowest BCUT2D eigenvalue weighted by atomic mass is 9.99. The van der Waals surface area contributed by atoms with Gasteiger partial charge < -0.3 is 8.92 Å². The quantitative estimate of drug-likeness (QED) is 0.443.